The third-order valence-electron chi connectivity index (χ3n) is 3.12. The van der Waals surface area contributed by atoms with Crippen molar-refractivity contribution in [3.05, 3.63) is 29.3 Å². The number of hydrogen-bond donors (Lipinski definition) is 3. The first kappa shape index (κ1) is 20.1. The number of halogens is 1. The third kappa shape index (κ3) is 5.37. The van der Waals surface area contributed by atoms with Crippen molar-refractivity contribution >= 4 is 35.3 Å². The molecule has 2 aromatic rings. The van der Waals surface area contributed by atoms with Crippen LogP contribution < -0.4 is 16.5 Å². The summed E-state index contributed by atoms with van der Waals surface area (Å²) in [5, 5.41) is 13.3. The Hall–Kier alpha value is -2.26. The summed E-state index contributed by atoms with van der Waals surface area (Å²) in [6.07, 6.45) is 0. The van der Waals surface area contributed by atoms with E-state index in [1.165, 1.54) is 4.68 Å². The zero-order valence-corrected chi connectivity index (χ0v) is 16.5. The van der Waals surface area contributed by atoms with Gasteiger partial charge in [0.1, 0.15) is 0 Å². The molecule has 1 atom stereocenters. The maximum Gasteiger partial charge on any atom is 0.321 e. The van der Waals surface area contributed by atoms with E-state index in [-0.39, 0.29) is 0 Å². The molecule has 0 spiro atoms. The second kappa shape index (κ2) is 7.96. The fraction of sp³-hybridized carbons (Fsp3) is 0.375. The fourth-order valence-electron chi connectivity index (χ4n) is 1.98. The summed E-state index contributed by atoms with van der Waals surface area (Å²) in [6, 6.07) is 6.50. The highest BCUT2D eigenvalue weighted by Gasteiger charge is 2.23. The second-order valence-corrected chi connectivity index (χ2v) is 8.38. The number of nitrogens with one attached hydrogen (secondary N) is 2. The molecule has 1 aromatic carbocycles. The van der Waals surface area contributed by atoms with Crippen LogP contribution in [0.1, 0.15) is 27.7 Å². The van der Waals surface area contributed by atoms with Gasteiger partial charge in [-0.25, -0.2) is 9.47 Å². The van der Waals surface area contributed by atoms with Crippen LogP contribution >= 0.6 is 23.4 Å². The van der Waals surface area contributed by atoms with Crippen LogP contribution in [0.3, 0.4) is 0 Å². The lowest BCUT2D eigenvalue weighted by Crippen LogP contribution is -2.49. The van der Waals surface area contributed by atoms with Crippen LogP contribution in [0.5, 0.6) is 0 Å². The Kier molecular flexibility index (Phi) is 6.14. The quantitative estimate of drug-likeness (QED) is 0.540. The van der Waals surface area contributed by atoms with Crippen LogP contribution in [-0.4, -0.2) is 37.6 Å². The lowest BCUT2D eigenvalue weighted by molar-refractivity contribution is -0.119. The standard InChI is InChI=1S/C16H21ClN6O2S/c1-9(13(24)19-14(25)20-16(2,3)4)26-15-22-21-12(23(15)18)10-6-5-7-11(17)8-10/h5-9H,18H2,1-4H3,(H2,19,20,24,25)/t9-/m1/s1. The van der Waals surface area contributed by atoms with E-state index < -0.39 is 22.7 Å². The van der Waals surface area contributed by atoms with E-state index >= 15 is 0 Å². The summed E-state index contributed by atoms with van der Waals surface area (Å²) in [5.41, 5.74) is 0.269. The van der Waals surface area contributed by atoms with Crippen LogP contribution in [0.4, 0.5) is 4.79 Å². The van der Waals surface area contributed by atoms with Gasteiger partial charge >= 0.3 is 6.03 Å². The molecule has 0 saturated carbocycles. The Balaban J connectivity index is 2.04. The van der Waals surface area contributed by atoms with Gasteiger partial charge in [-0.3, -0.25) is 10.1 Å². The third-order valence-corrected chi connectivity index (χ3v) is 4.42. The van der Waals surface area contributed by atoms with E-state index in [4.69, 9.17) is 17.4 Å². The molecule has 0 aliphatic rings. The number of aromatic nitrogens is 3. The van der Waals surface area contributed by atoms with Crippen molar-refractivity contribution in [2.75, 3.05) is 5.84 Å². The zero-order chi connectivity index (χ0) is 19.5. The number of thioether (sulfide) groups is 1. The summed E-state index contributed by atoms with van der Waals surface area (Å²) in [7, 11) is 0. The van der Waals surface area contributed by atoms with Crippen LogP contribution in [0.2, 0.25) is 5.02 Å². The number of rotatable bonds is 4. The van der Waals surface area contributed by atoms with Crippen molar-refractivity contribution in [3.8, 4) is 11.4 Å². The molecule has 4 N–H and O–H groups in total. The van der Waals surface area contributed by atoms with E-state index in [0.29, 0.717) is 21.6 Å². The van der Waals surface area contributed by atoms with Gasteiger partial charge in [0.25, 0.3) is 0 Å². The SMILES string of the molecule is C[C@@H](Sc1nnc(-c2cccc(Cl)c2)n1N)C(=O)NC(=O)NC(C)(C)C. The highest BCUT2D eigenvalue weighted by Crippen LogP contribution is 2.26. The minimum Gasteiger partial charge on any atom is -0.335 e. The van der Waals surface area contributed by atoms with Gasteiger partial charge in [0.05, 0.1) is 5.25 Å². The minimum absolute atomic E-state index is 0.346. The van der Waals surface area contributed by atoms with Crippen LogP contribution in [0, 0.1) is 0 Å². The van der Waals surface area contributed by atoms with Gasteiger partial charge in [-0.15, -0.1) is 10.2 Å². The Morgan fingerprint density at radius 2 is 2.00 bits per heavy atom. The van der Waals surface area contributed by atoms with Gasteiger partial charge in [-0.1, -0.05) is 35.5 Å². The van der Waals surface area contributed by atoms with E-state index in [1.807, 2.05) is 20.8 Å². The molecule has 1 aromatic heterocycles. The van der Waals surface area contributed by atoms with Crippen molar-refractivity contribution in [1.82, 2.24) is 25.5 Å². The molecular weight excluding hydrogens is 376 g/mol. The van der Waals surface area contributed by atoms with Crippen molar-refractivity contribution in [2.24, 2.45) is 0 Å². The van der Waals surface area contributed by atoms with Crippen LogP contribution in [-0.2, 0) is 4.79 Å². The summed E-state index contributed by atoms with van der Waals surface area (Å²) in [5.74, 6) is 6.00. The predicted octanol–water partition coefficient (Wildman–Crippen LogP) is 2.42. The summed E-state index contributed by atoms with van der Waals surface area (Å²) in [6.45, 7) is 7.12. The van der Waals surface area contributed by atoms with E-state index in [1.54, 1.807) is 31.2 Å². The molecule has 140 valence electrons. The molecular formula is C16H21ClN6O2S. The number of carbonyl (C=O) groups excluding carboxylic acids is 2. The van der Waals surface area contributed by atoms with Crippen LogP contribution in [0.25, 0.3) is 11.4 Å². The number of benzene rings is 1. The normalized spacial score (nSPS) is 12.5. The Morgan fingerprint density at radius 1 is 1.31 bits per heavy atom. The first-order valence-electron chi connectivity index (χ1n) is 7.83. The molecule has 3 amide bonds. The van der Waals surface area contributed by atoms with Crippen LogP contribution in [0.15, 0.2) is 29.4 Å². The zero-order valence-electron chi connectivity index (χ0n) is 14.9. The Morgan fingerprint density at radius 3 is 2.62 bits per heavy atom. The maximum absolute atomic E-state index is 12.2. The van der Waals surface area contributed by atoms with Gasteiger partial charge in [0.2, 0.25) is 11.1 Å². The van der Waals surface area contributed by atoms with Gasteiger partial charge in [0.15, 0.2) is 5.82 Å². The first-order valence-corrected chi connectivity index (χ1v) is 9.08. The summed E-state index contributed by atoms with van der Waals surface area (Å²) < 4.78 is 1.29. The van der Waals surface area contributed by atoms with E-state index in [0.717, 1.165) is 11.8 Å². The Bertz CT molecular complexity index is 817. The second-order valence-electron chi connectivity index (χ2n) is 6.64. The number of imide groups is 1. The van der Waals surface area contributed by atoms with Gasteiger partial charge in [0, 0.05) is 16.1 Å². The topological polar surface area (TPSA) is 115 Å². The lowest BCUT2D eigenvalue weighted by Gasteiger charge is -2.21. The number of nitrogens with zero attached hydrogens (tertiary/aromatic N) is 3. The molecule has 26 heavy (non-hydrogen) atoms. The van der Waals surface area contributed by atoms with E-state index in [9.17, 15) is 9.59 Å². The van der Waals surface area contributed by atoms with Gasteiger partial charge in [-0.05, 0) is 39.8 Å². The highest BCUT2D eigenvalue weighted by atomic mass is 35.5. The van der Waals surface area contributed by atoms with Gasteiger partial charge < -0.3 is 11.2 Å². The molecule has 0 bridgehead atoms. The van der Waals surface area contributed by atoms with Crippen molar-refractivity contribution in [3.63, 3.8) is 0 Å². The molecule has 0 fully saturated rings. The highest BCUT2D eigenvalue weighted by molar-refractivity contribution is 8.00. The molecule has 0 aliphatic heterocycles. The number of nitrogen functional groups attached to an aromatic ring is 1. The monoisotopic (exact) mass is 396 g/mol. The smallest absolute Gasteiger partial charge is 0.321 e. The molecule has 10 heteroatoms. The molecule has 0 saturated heterocycles. The van der Waals surface area contributed by atoms with Crippen molar-refractivity contribution in [2.45, 2.75) is 43.6 Å². The molecule has 0 radical (unpaired) electrons. The number of hydrogen-bond acceptors (Lipinski definition) is 6. The number of urea groups is 1. The summed E-state index contributed by atoms with van der Waals surface area (Å²) in [4.78, 5) is 24.0. The largest absolute Gasteiger partial charge is 0.335 e. The molecule has 0 aliphatic carbocycles. The molecule has 8 nitrogen and oxygen atoms in total. The average molecular weight is 397 g/mol. The predicted molar refractivity (Wildman–Crippen MR) is 102 cm³/mol. The molecule has 0 unspecified atom stereocenters. The van der Waals surface area contributed by atoms with Crippen molar-refractivity contribution < 1.29 is 9.59 Å². The van der Waals surface area contributed by atoms with E-state index in [2.05, 4.69) is 20.8 Å². The molecule has 1 heterocycles. The summed E-state index contributed by atoms with van der Waals surface area (Å²) >= 11 is 7.08. The maximum atomic E-state index is 12.2. The number of carbonyl (C=O) groups is 2. The lowest BCUT2D eigenvalue weighted by atomic mass is 10.1. The number of amides is 3. The molecule has 2 rings (SSSR count). The van der Waals surface area contributed by atoms with Gasteiger partial charge in [-0.2, -0.15) is 0 Å². The minimum atomic E-state index is -0.598. The fourth-order valence-corrected chi connectivity index (χ4v) is 2.94. The first-order chi connectivity index (χ1) is 12.1. The Labute approximate surface area is 160 Å². The average Bonchev–Trinajstić information content (AvgIpc) is 2.86. The van der Waals surface area contributed by atoms with Crippen molar-refractivity contribution in [1.29, 1.82) is 0 Å². The number of nitrogens with two attached hydrogens (primary N) is 1.